The first-order chi connectivity index (χ1) is 8.81. The fraction of sp³-hybridized carbons (Fsp3) is 0.286. The maximum absolute atomic E-state index is 5.20. The summed E-state index contributed by atoms with van der Waals surface area (Å²) in [5.41, 5.74) is 2.07. The highest BCUT2D eigenvalue weighted by Crippen LogP contribution is 2.30. The monoisotopic (exact) mass is 258 g/mol. The fourth-order valence-corrected chi connectivity index (χ4v) is 3.21. The number of aryl methyl sites for hydroxylation is 1. The number of ether oxygens (including phenoxy) is 1. The van der Waals surface area contributed by atoms with Gasteiger partial charge >= 0.3 is 0 Å². The number of fused-ring (bicyclic) bond motifs is 3. The molecular weight excluding hydrogens is 244 g/mol. The van der Waals surface area contributed by atoms with E-state index < -0.39 is 0 Å². The van der Waals surface area contributed by atoms with E-state index in [1.807, 2.05) is 6.07 Å². The van der Waals surface area contributed by atoms with Gasteiger partial charge in [-0.05, 0) is 25.0 Å². The molecule has 1 aromatic carbocycles. The second-order valence-corrected chi connectivity index (χ2v) is 5.30. The van der Waals surface area contributed by atoms with Crippen molar-refractivity contribution in [2.75, 3.05) is 7.11 Å². The van der Waals surface area contributed by atoms with Gasteiger partial charge in [0.2, 0.25) is 0 Å². The van der Waals surface area contributed by atoms with Crippen LogP contribution in [0.25, 0.3) is 21.1 Å². The van der Waals surface area contributed by atoms with Gasteiger partial charge in [-0.25, -0.2) is 4.98 Å². The van der Waals surface area contributed by atoms with Crippen molar-refractivity contribution < 1.29 is 4.74 Å². The summed E-state index contributed by atoms with van der Waals surface area (Å²) in [4.78, 5) is 9.14. The summed E-state index contributed by atoms with van der Waals surface area (Å²) < 4.78 is 6.38. The molecule has 0 amide bonds. The lowest BCUT2D eigenvalue weighted by atomic mass is 10.2. The number of aromatic nitrogens is 2. The van der Waals surface area contributed by atoms with Crippen LogP contribution in [0.15, 0.2) is 24.4 Å². The summed E-state index contributed by atoms with van der Waals surface area (Å²) in [7, 11) is 1.66. The van der Waals surface area contributed by atoms with E-state index in [1.165, 1.54) is 9.71 Å². The van der Waals surface area contributed by atoms with Crippen LogP contribution < -0.4 is 4.74 Å². The molecule has 3 aromatic rings. The first-order valence-corrected chi connectivity index (χ1v) is 6.85. The Kier molecular flexibility index (Phi) is 2.88. The van der Waals surface area contributed by atoms with Crippen LogP contribution >= 0.6 is 11.3 Å². The Balaban J connectivity index is 2.24. The molecule has 3 rings (SSSR count). The topological polar surface area (TPSA) is 35.0 Å². The lowest BCUT2D eigenvalue weighted by Gasteiger charge is -2.01. The fourth-order valence-electron chi connectivity index (χ4n) is 2.04. The largest absolute Gasteiger partial charge is 0.495 e. The molecule has 0 aliphatic heterocycles. The van der Waals surface area contributed by atoms with Crippen molar-refractivity contribution in [1.82, 2.24) is 9.97 Å². The lowest BCUT2D eigenvalue weighted by molar-refractivity contribution is 0.414. The third kappa shape index (κ3) is 1.82. The molecule has 3 nitrogen and oxygen atoms in total. The number of methoxy groups -OCH3 is 1. The average molecular weight is 258 g/mol. The van der Waals surface area contributed by atoms with E-state index >= 15 is 0 Å². The van der Waals surface area contributed by atoms with Gasteiger partial charge in [0.15, 0.2) is 0 Å². The lowest BCUT2D eigenvalue weighted by Crippen LogP contribution is -1.85. The van der Waals surface area contributed by atoms with Crippen molar-refractivity contribution in [2.24, 2.45) is 0 Å². The molecule has 0 saturated heterocycles. The third-order valence-corrected chi connectivity index (χ3v) is 4.06. The zero-order valence-corrected chi connectivity index (χ0v) is 11.3. The van der Waals surface area contributed by atoms with Gasteiger partial charge in [-0.1, -0.05) is 13.0 Å². The first kappa shape index (κ1) is 11.4. The highest BCUT2D eigenvalue weighted by molar-refractivity contribution is 7.19. The van der Waals surface area contributed by atoms with Gasteiger partial charge in [-0.2, -0.15) is 0 Å². The van der Waals surface area contributed by atoms with E-state index in [4.69, 9.17) is 4.74 Å². The predicted octanol–water partition coefficient (Wildman–Crippen LogP) is 3.81. The maximum atomic E-state index is 5.20. The van der Waals surface area contributed by atoms with Gasteiger partial charge in [0.1, 0.15) is 5.75 Å². The van der Waals surface area contributed by atoms with Crippen LogP contribution in [0.2, 0.25) is 0 Å². The standard InChI is InChI=1S/C14H14N2OS/c1-3-4-12-16-11-6-5-9-7-10(17-2)8-15-13(9)14(11)18-12/h5-8H,3-4H2,1-2H3. The van der Waals surface area contributed by atoms with E-state index in [0.29, 0.717) is 0 Å². The van der Waals surface area contributed by atoms with Crippen molar-refractivity contribution in [1.29, 1.82) is 0 Å². The van der Waals surface area contributed by atoms with Crippen LogP contribution in [0.1, 0.15) is 18.4 Å². The molecular formula is C14H14N2OS. The van der Waals surface area contributed by atoms with Crippen molar-refractivity contribution >= 4 is 32.5 Å². The van der Waals surface area contributed by atoms with E-state index in [9.17, 15) is 0 Å². The number of benzene rings is 1. The quantitative estimate of drug-likeness (QED) is 0.716. The normalized spacial score (nSPS) is 11.2. The molecule has 0 fully saturated rings. The summed E-state index contributed by atoms with van der Waals surface area (Å²) in [5.74, 6) is 0.792. The highest BCUT2D eigenvalue weighted by atomic mass is 32.1. The molecule has 0 saturated carbocycles. The zero-order chi connectivity index (χ0) is 12.5. The Morgan fingerprint density at radius 3 is 3.00 bits per heavy atom. The van der Waals surface area contributed by atoms with E-state index in [1.54, 1.807) is 24.6 Å². The molecule has 0 bridgehead atoms. The van der Waals surface area contributed by atoms with Crippen LogP contribution in [0.4, 0.5) is 0 Å². The Morgan fingerprint density at radius 2 is 2.22 bits per heavy atom. The second kappa shape index (κ2) is 4.53. The van der Waals surface area contributed by atoms with Crippen molar-refractivity contribution in [2.45, 2.75) is 19.8 Å². The van der Waals surface area contributed by atoms with Crippen LogP contribution in [-0.4, -0.2) is 17.1 Å². The van der Waals surface area contributed by atoms with E-state index in [0.717, 1.165) is 35.0 Å². The molecule has 0 radical (unpaired) electrons. The average Bonchev–Trinajstić information content (AvgIpc) is 2.81. The van der Waals surface area contributed by atoms with Gasteiger partial charge in [-0.3, -0.25) is 4.98 Å². The minimum absolute atomic E-state index is 0.792. The zero-order valence-electron chi connectivity index (χ0n) is 10.4. The van der Waals surface area contributed by atoms with Crippen molar-refractivity contribution in [3.63, 3.8) is 0 Å². The number of rotatable bonds is 3. The minimum atomic E-state index is 0.792. The third-order valence-electron chi connectivity index (χ3n) is 2.93. The molecule has 0 unspecified atom stereocenters. The molecule has 0 aliphatic carbocycles. The smallest absolute Gasteiger partial charge is 0.137 e. The molecule has 2 aromatic heterocycles. The van der Waals surface area contributed by atoms with Crippen LogP contribution in [-0.2, 0) is 6.42 Å². The molecule has 92 valence electrons. The number of hydrogen-bond donors (Lipinski definition) is 0. The summed E-state index contributed by atoms with van der Waals surface area (Å²) in [6, 6.07) is 6.14. The summed E-state index contributed by atoms with van der Waals surface area (Å²) in [5, 5.41) is 2.30. The van der Waals surface area contributed by atoms with Gasteiger partial charge < -0.3 is 4.74 Å². The van der Waals surface area contributed by atoms with Crippen molar-refractivity contribution in [3.8, 4) is 5.75 Å². The molecule has 0 aliphatic rings. The second-order valence-electron chi connectivity index (χ2n) is 4.22. The molecule has 0 atom stereocenters. The molecule has 0 N–H and O–H groups in total. The number of thiazole rings is 1. The maximum Gasteiger partial charge on any atom is 0.137 e. The van der Waals surface area contributed by atoms with Crippen LogP contribution in [0.5, 0.6) is 5.75 Å². The number of nitrogens with zero attached hydrogens (tertiary/aromatic N) is 2. The van der Waals surface area contributed by atoms with Crippen molar-refractivity contribution in [3.05, 3.63) is 29.4 Å². The van der Waals surface area contributed by atoms with E-state index in [2.05, 4.69) is 29.0 Å². The molecule has 4 heteroatoms. The first-order valence-electron chi connectivity index (χ1n) is 6.04. The van der Waals surface area contributed by atoms with Gasteiger partial charge in [0, 0.05) is 5.39 Å². The predicted molar refractivity (Wildman–Crippen MR) is 75.5 cm³/mol. The molecule has 18 heavy (non-hydrogen) atoms. The number of pyridine rings is 1. The van der Waals surface area contributed by atoms with Crippen LogP contribution in [0, 0.1) is 0 Å². The van der Waals surface area contributed by atoms with Gasteiger partial charge in [-0.15, -0.1) is 11.3 Å². The highest BCUT2D eigenvalue weighted by Gasteiger charge is 2.08. The SMILES string of the molecule is CCCc1nc2ccc3cc(OC)cnc3c2s1. The summed E-state index contributed by atoms with van der Waals surface area (Å²) in [6.07, 6.45) is 3.93. The molecule has 0 spiro atoms. The Hall–Kier alpha value is -1.68. The Morgan fingerprint density at radius 1 is 1.33 bits per heavy atom. The van der Waals surface area contributed by atoms with Gasteiger partial charge in [0.25, 0.3) is 0 Å². The molecule has 2 heterocycles. The minimum Gasteiger partial charge on any atom is -0.495 e. The Labute approximate surface area is 109 Å². The number of hydrogen-bond acceptors (Lipinski definition) is 4. The van der Waals surface area contributed by atoms with E-state index in [-0.39, 0.29) is 0 Å². The van der Waals surface area contributed by atoms with Gasteiger partial charge in [0.05, 0.1) is 34.0 Å². The summed E-state index contributed by atoms with van der Waals surface area (Å²) in [6.45, 7) is 2.17. The summed E-state index contributed by atoms with van der Waals surface area (Å²) >= 11 is 1.75. The van der Waals surface area contributed by atoms with Crippen LogP contribution in [0.3, 0.4) is 0 Å². The Bertz CT molecular complexity index is 705.